The van der Waals surface area contributed by atoms with Crippen LogP contribution in [0.2, 0.25) is 0 Å². The molecule has 0 saturated heterocycles. The number of nitrogen functional groups attached to an aromatic ring is 1. The summed E-state index contributed by atoms with van der Waals surface area (Å²) in [6.45, 7) is 5.44. The van der Waals surface area contributed by atoms with E-state index in [4.69, 9.17) is 11.0 Å². The minimum atomic E-state index is 0.365. The summed E-state index contributed by atoms with van der Waals surface area (Å²) in [5.41, 5.74) is 8.92. The minimum absolute atomic E-state index is 0.365. The Hall–Kier alpha value is -2.02. The molecule has 1 aliphatic rings. The summed E-state index contributed by atoms with van der Waals surface area (Å²) in [5.74, 6) is 1.19. The van der Waals surface area contributed by atoms with E-state index in [1.807, 2.05) is 12.1 Å². The van der Waals surface area contributed by atoms with Crippen molar-refractivity contribution in [1.82, 2.24) is 9.55 Å². The quantitative estimate of drug-likeness (QED) is 0.915. The van der Waals surface area contributed by atoms with E-state index in [2.05, 4.69) is 29.5 Å². The molecular formula is C15H18N4. The fourth-order valence-electron chi connectivity index (χ4n) is 2.77. The molecule has 1 saturated carbocycles. The summed E-state index contributed by atoms with van der Waals surface area (Å²) < 4.78 is 2.07. The fourth-order valence-corrected chi connectivity index (χ4v) is 2.77. The monoisotopic (exact) mass is 254 g/mol. The van der Waals surface area contributed by atoms with E-state index < -0.39 is 0 Å². The summed E-state index contributed by atoms with van der Waals surface area (Å²) in [5, 5.41) is 9.02. The van der Waals surface area contributed by atoms with Gasteiger partial charge < -0.3 is 10.3 Å². The highest BCUT2D eigenvalue weighted by molar-refractivity contribution is 5.79. The van der Waals surface area contributed by atoms with Crippen molar-refractivity contribution in [3.63, 3.8) is 0 Å². The van der Waals surface area contributed by atoms with Crippen LogP contribution in [0, 0.1) is 22.7 Å². The molecule has 0 amide bonds. The zero-order valence-electron chi connectivity index (χ0n) is 11.3. The molecule has 0 spiro atoms. The van der Waals surface area contributed by atoms with Crippen LogP contribution in [0.4, 0.5) is 5.95 Å². The maximum atomic E-state index is 9.02. The van der Waals surface area contributed by atoms with Crippen LogP contribution in [-0.4, -0.2) is 9.55 Å². The molecule has 3 rings (SSSR count). The lowest BCUT2D eigenvalue weighted by atomic mass is 9.92. The zero-order valence-corrected chi connectivity index (χ0v) is 11.3. The highest BCUT2D eigenvalue weighted by Crippen LogP contribution is 2.53. The first-order valence-corrected chi connectivity index (χ1v) is 6.72. The van der Waals surface area contributed by atoms with Crippen molar-refractivity contribution in [3.8, 4) is 6.07 Å². The molecule has 2 aromatic rings. The SMILES string of the molecule is CC(C)C1(Cn2c(N)nc3ccc(C#N)cc32)CC1. The predicted octanol–water partition coefficient (Wildman–Crippen LogP) is 2.93. The van der Waals surface area contributed by atoms with Crippen molar-refractivity contribution in [3.05, 3.63) is 23.8 Å². The molecule has 4 nitrogen and oxygen atoms in total. The number of nitrogens with zero attached hydrogens (tertiary/aromatic N) is 3. The Kier molecular flexibility index (Phi) is 2.53. The van der Waals surface area contributed by atoms with Crippen molar-refractivity contribution in [2.24, 2.45) is 11.3 Å². The van der Waals surface area contributed by atoms with Gasteiger partial charge in [0.05, 0.1) is 22.7 Å². The van der Waals surface area contributed by atoms with Gasteiger partial charge in [-0.3, -0.25) is 0 Å². The maximum absolute atomic E-state index is 9.02. The topological polar surface area (TPSA) is 67.6 Å². The van der Waals surface area contributed by atoms with Gasteiger partial charge in [0, 0.05) is 6.54 Å². The van der Waals surface area contributed by atoms with Crippen LogP contribution in [0.5, 0.6) is 0 Å². The van der Waals surface area contributed by atoms with Gasteiger partial charge in [-0.15, -0.1) is 0 Å². The third-order valence-corrected chi connectivity index (χ3v) is 4.50. The van der Waals surface area contributed by atoms with Crippen molar-refractivity contribution < 1.29 is 0 Å². The largest absolute Gasteiger partial charge is 0.369 e. The Balaban J connectivity index is 2.08. The Bertz CT molecular complexity index is 671. The number of rotatable bonds is 3. The Labute approximate surface area is 112 Å². The van der Waals surface area contributed by atoms with Crippen molar-refractivity contribution in [2.75, 3.05) is 5.73 Å². The van der Waals surface area contributed by atoms with Crippen LogP contribution in [0.1, 0.15) is 32.3 Å². The van der Waals surface area contributed by atoms with Crippen LogP contribution in [0.15, 0.2) is 18.2 Å². The molecule has 19 heavy (non-hydrogen) atoms. The Morgan fingerprint density at radius 1 is 1.47 bits per heavy atom. The number of anilines is 1. The van der Waals surface area contributed by atoms with Gasteiger partial charge in [0.2, 0.25) is 5.95 Å². The van der Waals surface area contributed by atoms with E-state index in [1.54, 1.807) is 6.07 Å². The van der Waals surface area contributed by atoms with Crippen LogP contribution in [0.25, 0.3) is 11.0 Å². The maximum Gasteiger partial charge on any atom is 0.201 e. The second kappa shape index (κ2) is 3.99. The van der Waals surface area contributed by atoms with Gasteiger partial charge in [0.1, 0.15) is 0 Å². The minimum Gasteiger partial charge on any atom is -0.369 e. The fraction of sp³-hybridized carbons (Fsp3) is 0.467. The lowest BCUT2D eigenvalue weighted by molar-refractivity contribution is 0.314. The third kappa shape index (κ3) is 1.86. The zero-order chi connectivity index (χ0) is 13.6. The summed E-state index contributed by atoms with van der Waals surface area (Å²) in [7, 11) is 0. The number of imidazole rings is 1. The summed E-state index contributed by atoms with van der Waals surface area (Å²) in [4.78, 5) is 4.39. The molecular weight excluding hydrogens is 236 g/mol. The average Bonchev–Trinajstić information content (AvgIpc) is 3.11. The van der Waals surface area contributed by atoms with Gasteiger partial charge in [-0.25, -0.2) is 4.98 Å². The number of aromatic nitrogens is 2. The van der Waals surface area contributed by atoms with Crippen LogP contribution < -0.4 is 5.73 Å². The molecule has 1 aliphatic carbocycles. The smallest absolute Gasteiger partial charge is 0.201 e. The van der Waals surface area contributed by atoms with Crippen molar-refractivity contribution in [1.29, 1.82) is 5.26 Å². The molecule has 0 radical (unpaired) electrons. The molecule has 1 fully saturated rings. The number of nitrogens with two attached hydrogens (primary N) is 1. The standard InChI is InChI=1S/C15H18N4/c1-10(2)15(5-6-15)9-19-13-7-11(8-16)3-4-12(13)18-14(19)17/h3-4,7,10H,5-6,9H2,1-2H3,(H2,17,18). The second-order valence-electron chi connectivity index (χ2n) is 5.89. The van der Waals surface area contributed by atoms with E-state index in [1.165, 1.54) is 12.8 Å². The van der Waals surface area contributed by atoms with Crippen LogP contribution >= 0.6 is 0 Å². The number of hydrogen-bond acceptors (Lipinski definition) is 3. The van der Waals surface area contributed by atoms with E-state index in [9.17, 15) is 0 Å². The van der Waals surface area contributed by atoms with E-state index >= 15 is 0 Å². The van der Waals surface area contributed by atoms with Gasteiger partial charge >= 0.3 is 0 Å². The number of benzene rings is 1. The van der Waals surface area contributed by atoms with E-state index in [-0.39, 0.29) is 0 Å². The van der Waals surface area contributed by atoms with Crippen molar-refractivity contribution in [2.45, 2.75) is 33.2 Å². The van der Waals surface area contributed by atoms with Gasteiger partial charge in [0.15, 0.2) is 0 Å². The summed E-state index contributed by atoms with van der Waals surface area (Å²) >= 11 is 0. The average molecular weight is 254 g/mol. The van der Waals surface area contributed by atoms with Crippen LogP contribution in [0.3, 0.4) is 0 Å². The first kappa shape index (κ1) is 12.0. The third-order valence-electron chi connectivity index (χ3n) is 4.50. The first-order chi connectivity index (χ1) is 9.05. The molecule has 1 aromatic heterocycles. The molecule has 2 N–H and O–H groups in total. The lowest BCUT2D eigenvalue weighted by Gasteiger charge is -2.21. The number of nitriles is 1. The van der Waals surface area contributed by atoms with Gasteiger partial charge in [-0.2, -0.15) is 5.26 Å². The highest BCUT2D eigenvalue weighted by atomic mass is 15.2. The number of fused-ring (bicyclic) bond motifs is 1. The molecule has 0 bridgehead atoms. The van der Waals surface area contributed by atoms with Crippen LogP contribution in [-0.2, 0) is 6.54 Å². The lowest BCUT2D eigenvalue weighted by Crippen LogP contribution is -2.18. The highest BCUT2D eigenvalue weighted by Gasteiger charge is 2.45. The van der Waals surface area contributed by atoms with Gasteiger partial charge in [0.25, 0.3) is 0 Å². The number of hydrogen-bond donors (Lipinski definition) is 1. The van der Waals surface area contributed by atoms with Gasteiger partial charge in [-0.1, -0.05) is 13.8 Å². The summed E-state index contributed by atoms with van der Waals surface area (Å²) in [6, 6.07) is 7.72. The Morgan fingerprint density at radius 3 is 2.79 bits per heavy atom. The Morgan fingerprint density at radius 2 is 2.21 bits per heavy atom. The molecule has 4 heteroatoms. The molecule has 0 aliphatic heterocycles. The molecule has 0 unspecified atom stereocenters. The predicted molar refractivity (Wildman–Crippen MR) is 75.4 cm³/mol. The molecule has 98 valence electrons. The first-order valence-electron chi connectivity index (χ1n) is 6.72. The van der Waals surface area contributed by atoms with Crippen molar-refractivity contribution >= 4 is 17.0 Å². The van der Waals surface area contributed by atoms with E-state index in [0.717, 1.165) is 17.6 Å². The summed E-state index contributed by atoms with van der Waals surface area (Å²) in [6.07, 6.45) is 2.50. The molecule has 1 aromatic carbocycles. The molecule has 1 heterocycles. The molecule has 0 atom stereocenters. The van der Waals surface area contributed by atoms with Gasteiger partial charge in [-0.05, 0) is 42.4 Å². The normalized spacial score (nSPS) is 16.7. The van der Waals surface area contributed by atoms with E-state index in [0.29, 0.717) is 22.8 Å². The second-order valence-corrected chi connectivity index (χ2v) is 5.89.